The largest absolute Gasteiger partial charge is 0.383 e. The Bertz CT molecular complexity index is 548. The van der Waals surface area contributed by atoms with E-state index in [1.807, 2.05) is 36.7 Å². The molecule has 0 atom stereocenters. The Kier molecular flexibility index (Phi) is 2.95. The van der Waals surface area contributed by atoms with Crippen molar-refractivity contribution < 1.29 is 0 Å². The molecular formula is C11H11BrClN3. The van der Waals surface area contributed by atoms with E-state index in [9.17, 15) is 0 Å². The molecule has 1 heterocycles. The van der Waals surface area contributed by atoms with Gasteiger partial charge in [-0.05, 0) is 35.0 Å². The molecule has 1 aromatic carbocycles. The molecule has 0 aliphatic heterocycles. The number of imidazole rings is 1. The average molecular weight is 301 g/mol. The second kappa shape index (κ2) is 4.11. The fraction of sp³-hybridized carbons (Fsp3) is 0.182. The first-order valence-electron chi connectivity index (χ1n) is 4.75. The van der Waals surface area contributed by atoms with Gasteiger partial charge in [0.2, 0.25) is 0 Å². The first kappa shape index (κ1) is 11.5. The first-order chi connectivity index (χ1) is 7.50. The van der Waals surface area contributed by atoms with E-state index in [4.69, 9.17) is 17.3 Å². The van der Waals surface area contributed by atoms with Gasteiger partial charge >= 0.3 is 0 Å². The summed E-state index contributed by atoms with van der Waals surface area (Å²) in [5.41, 5.74) is 7.67. The summed E-state index contributed by atoms with van der Waals surface area (Å²) in [6, 6.07) is 5.68. The Balaban J connectivity index is 2.59. The molecule has 0 radical (unpaired) electrons. The molecule has 0 unspecified atom stereocenters. The second-order valence-electron chi connectivity index (χ2n) is 3.58. The lowest BCUT2D eigenvalue weighted by Gasteiger charge is -2.02. The van der Waals surface area contributed by atoms with E-state index < -0.39 is 0 Å². The predicted molar refractivity (Wildman–Crippen MR) is 70.5 cm³/mol. The van der Waals surface area contributed by atoms with Gasteiger partial charge in [0.25, 0.3) is 0 Å². The van der Waals surface area contributed by atoms with Crippen molar-refractivity contribution in [1.82, 2.24) is 9.55 Å². The number of halogens is 2. The molecule has 2 rings (SSSR count). The van der Waals surface area contributed by atoms with E-state index in [-0.39, 0.29) is 0 Å². The predicted octanol–water partition coefficient (Wildman–Crippen LogP) is 3.39. The zero-order chi connectivity index (χ0) is 11.9. The highest BCUT2D eigenvalue weighted by atomic mass is 79.9. The second-order valence-corrected chi connectivity index (χ2v) is 4.84. The number of aromatic nitrogens is 2. The summed E-state index contributed by atoms with van der Waals surface area (Å²) in [5.74, 6) is 1.53. The Morgan fingerprint density at radius 3 is 2.62 bits per heavy atom. The van der Waals surface area contributed by atoms with Crippen LogP contribution in [0.5, 0.6) is 0 Å². The molecule has 3 nitrogen and oxygen atoms in total. The van der Waals surface area contributed by atoms with Crippen molar-refractivity contribution in [2.24, 2.45) is 7.05 Å². The fourth-order valence-corrected chi connectivity index (χ4v) is 1.91. The van der Waals surface area contributed by atoms with Crippen LogP contribution in [0, 0.1) is 6.92 Å². The van der Waals surface area contributed by atoms with Crippen molar-refractivity contribution in [3.8, 4) is 11.3 Å². The summed E-state index contributed by atoms with van der Waals surface area (Å²) in [5, 5.41) is 0.653. The molecule has 16 heavy (non-hydrogen) atoms. The molecule has 2 aromatic rings. The Morgan fingerprint density at radius 1 is 1.44 bits per heavy atom. The topological polar surface area (TPSA) is 43.8 Å². The van der Waals surface area contributed by atoms with Gasteiger partial charge in [0.05, 0.1) is 5.02 Å². The molecule has 0 saturated carbocycles. The molecule has 2 N–H and O–H groups in total. The van der Waals surface area contributed by atoms with Gasteiger partial charge in [0.15, 0.2) is 0 Å². The van der Waals surface area contributed by atoms with Gasteiger partial charge in [-0.1, -0.05) is 17.7 Å². The minimum absolute atomic E-state index is 0.649. The van der Waals surface area contributed by atoms with Crippen LogP contribution in [0.4, 0.5) is 5.82 Å². The van der Waals surface area contributed by atoms with E-state index in [1.165, 1.54) is 0 Å². The molecule has 84 valence electrons. The third-order valence-electron chi connectivity index (χ3n) is 2.56. The SMILES string of the molecule is Cc1nc(-c2ccc(Br)c(Cl)c2)c(N)n1C. The molecule has 1 aromatic heterocycles. The number of hydrogen-bond donors (Lipinski definition) is 1. The van der Waals surface area contributed by atoms with Crippen molar-refractivity contribution in [2.75, 3.05) is 5.73 Å². The lowest BCUT2D eigenvalue weighted by atomic mass is 10.1. The average Bonchev–Trinajstić information content (AvgIpc) is 2.50. The van der Waals surface area contributed by atoms with Crippen molar-refractivity contribution in [1.29, 1.82) is 0 Å². The van der Waals surface area contributed by atoms with E-state index >= 15 is 0 Å². The van der Waals surface area contributed by atoms with Gasteiger partial charge in [-0.15, -0.1) is 0 Å². The number of aryl methyl sites for hydroxylation is 1. The van der Waals surface area contributed by atoms with Gasteiger partial charge in [-0.2, -0.15) is 0 Å². The zero-order valence-electron chi connectivity index (χ0n) is 8.96. The van der Waals surface area contributed by atoms with Crippen LogP contribution < -0.4 is 5.73 Å². The summed E-state index contributed by atoms with van der Waals surface area (Å²) in [6.45, 7) is 1.92. The van der Waals surface area contributed by atoms with Gasteiger partial charge in [0, 0.05) is 17.1 Å². The number of nitrogens with zero attached hydrogens (tertiary/aromatic N) is 2. The van der Waals surface area contributed by atoms with Crippen LogP contribution in [0.25, 0.3) is 11.3 Å². The lowest BCUT2D eigenvalue weighted by molar-refractivity contribution is 0.868. The lowest BCUT2D eigenvalue weighted by Crippen LogP contribution is -1.98. The maximum Gasteiger partial charge on any atom is 0.131 e. The van der Waals surface area contributed by atoms with E-state index in [2.05, 4.69) is 20.9 Å². The van der Waals surface area contributed by atoms with Crippen LogP contribution in [0.15, 0.2) is 22.7 Å². The molecule has 0 spiro atoms. The summed E-state index contributed by atoms with van der Waals surface area (Å²) in [6.07, 6.45) is 0. The molecule has 5 heteroatoms. The Morgan fingerprint density at radius 2 is 2.12 bits per heavy atom. The van der Waals surface area contributed by atoms with Crippen molar-refractivity contribution in [2.45, 2.75) is 6.92 Å². The van der Waals surface area contributed by atoms with Gasteiger partial charge in [-0.25, -0.2) is 4.98 Å². The summed E-state index contributed by atoms with van der Waals surface area (Å²) in [7, 11) is 1.89. The maximum atomic E-state index is 6.04. The maximum absolute atomic E-state index is 6.04. The highest BCUT2D eigenvalue weighted by Gasteiger charge is 2.12. The van der Waals surface area contributed by atoms with Crippen LogP contribution in [-0.2, 0) is 7.05 Å². The summed E-state index contributed by atoms with van der Waals surface area (Å²) < 4.78 is 2.72. The summed E-state index contributed by atoms with van der Waals surface area (Å²) >= 11 is 9.39. The monoisotopic (exact) mass is 299 g/mol. The van der Waals surface area contributed by atoms with E-state index in [1.54, 1.807) is 0 Å². The minimum atomic E-state index is 0.649. The van der Waals surface area contributed by atoms with Crippen molar-refractivity contribution in [3.63, 3.8) is 0 Å². The Labute approximate surface area is 107 Å². The van der Waals surface area contributed by atoms with Crippen LogP contribution in [0.2, 0.25) is 5.02 Å². The van der Waals surface area contributed by atoms with Gasteiger partial charge in [-0.3, -0.25) is 0 Å². The van der Waals surface area contributed by atoms with Crippen molar-refractivity contribution in [3.05, 3.63) is 33.5 Å². The quantitative estimate of drug-likeness (QED) is 0.877. The number of rotatable bonds is 1. The van der Waals surface area contributed by atoms with Gasteiger partial charge in [0.1, 0.15) is 17.3 Å². The number of anilines is 1. The van der Waals surface area contributed by atoms with Crippen LogP contribution in [-0.4, -0.2) is 9.55 Å². The molecule has 0 fully saturated rings. The minimum Gasteiger partial charge on any atom is -0.383 e. The molecule has 0 bridgehead atoms. The number of benzene rings is 1. The summed E-state index contributed by atoms with van der Waals surface area (Å²) in [4.78, 5) is 4.41. The van der Waals surface area contributed by atoms with Crippen LogP contribution in [0.1, 0.15) is 5.82 Å². The molecule has 0 aliphatic carbocycles. The molecule has 0 amide bonds. The molecule has 0 saturated heterocycles. The zero-order valence-corrected chi connectivity index (χ0v) is 11.3. The number of hydrogen-bond acceptors (Lipinski definition) is 2. The first-order valence-corrected chi connectivity index (χ1v) is 5.92. The highest BCUT2D eigenvalue weighted by Crippen LogP contribution is 2.31. The fourth-order valence-electron chi connectivity index (χ4n) is 1.48. The normalized spacial score (nSPS) is 10.8. The molecular weight excluding hydrogens is 289 g/mol. The highest BCUT2D eigenvalue weighted by molar-refractivity contribution is 9.10. The molecule has 0 aliphatic rings. The van der Waals surface area contributed by atoms with Crippen LogP contribution >= 0.6 is 27.5 Å². The number of nitrogens with two attached hydrogens (primary N) is 1. The standard InChI is InChI=1S/C11H11BrClN3/c1-6-15-10(11(14)16(6)2)7-3-4-8(12)9(13)5-7/h3-5H,14H2,1-2H3. The van der Waals surface area contributed by atoms with Crippen LogP contribution in [0.3, 0.4) is 0 Å². The number of nitrogen functional groups attached to an aromatic ring is 1. The van der Waals surface area contributed by atoms with E-state index in [0.29, 0.717) is 10.8 Å². The Hall–Kier alpha value is -1.00. The third-order valence-corrected chi connectivity index (χ3v) is 3.79. The smallest absolute Gasteiger partial charge is 0.131 e. The van der Waals surface area contributed by atoms with Crippen molar-refractivity contribution >= 4 is 33.3 Å². The van der Waals surface area contributed by atoms with Gasteiger partial charge < -0.3 is 10.3 Å². The van der Waals surface area contributed by atoms with E-state index in [0.717, 1.165) is 21.6 Å². The third kappa shape index (κ3) is 1.83.